The molecular weight excluding hydrogens is 436 g/mol. The highest BCUT2D eigenvalue weighted by Gasteiger charge is 2.37. The van der Waals surface area contributed by atoms with E-state index in [2.05, 4.69) is 0 Å². The normalized spacial score (nSPS) is 17.5. The predicted octanol–water partition coefficient (Wildman–Crippen LogP) is 3.47. The van der Waals surface area contributed by atoms with Gasteiger partial charge in [0.1, 0.15) is 19.0 Å². The van der Waals surface area contributed by atoms with Gasteiger partial charge in [0, 0.05) is 19.8 Å². The lowest BCUT2D eigenvalue weighted by Crippen LogP contribution is -2.13. The fourth-order valence-corrected chi connectivity index (χ4v) is 3.62. The Balaban J connectivity index is 2.08. The third-order valence-corrected chi connectivity index (χ3v) is 5.06. The third kappa shape index (κ3) is 5.19. The number of ether oxygens (including phenoxy) is 10. The minimum atomic E-state index is -0.532. The topological polar surface area (TPSA) is 92.3 Å². The van der Waals surface area contributed by atoms with E-state index in [1.807, 2.05) is 18.2 Å². The molecule has 10 heteroatoms. The van der Waals surface area contributed by atoms with Crippen molar-refractivity contribution in [2.45, 2.75) is 12.2 Å². The Labute approximate surface area is 193 Å². The van der Waals surface area contributed by atoms with Gasteiger partial charge in [-0.1, -0.05) is 0 Å². The summed E-state index contributed by atoms with van der Waals surface area (Å²) in [5.74, 6) is 2.76. The summed E-state index contributed by atoms with van der Waals surface area (Å²) >= 11 is 0. The lowest BCUT2D eigenvalue weighted by Gasteiger charge is -2.24. The molecule has 0 N–H and O–H groups in total. The molecule has 2 aromatic carbocycles. The first-order chi connectivity index (χ1) is 16.1. The monoisotopic (exact) mass is 466 g/mol. The number of rotatable bonds is 12. The second kappa shape index (κ2) is 11.8. The van der Waals surface area contributed by atoms with E-state index in [-0.39, 0.29) is 20.4 Å². The molecule has 1 fully saturated rings. The van der Waals surface area contributed by atoms with Gasteiger partial charge in [0.05, 0.1) is 28.4 Å². The molecular formula is C23H30O10. The van der Waals surface area contributed by atoms with Gasteiger partial charge in [0.2, 0.25) is 11.5 Å². The highest BCUT2D eigenvalue weighted by Crippen LogP contribution is 2.51. The molecule has 0 aromatic heterocycles. The lowest BCUT2D eigenvalue weighted by atomic mass is 9.96. The molecule has 10 nitrogen and oxygen atoms in total. The average Bonchev–Trinajstić information content (AvgIpc) is 3.34. The van der Waals surface area contributed by atoms with Gasteiger partial charge in [0.25, 0.3) is 0 Å². The molecule has 3 rings (SSSR count). The summed E-state index contributed by atoms with van der Waals surface area (Å²) in [7, 11) is 9.27. The van der Waals surface area contributed by atoms with E-state index in [9.17, 15) is 0 Å². The minimum Gasteiger partial charge on any atom is -0.493 e. The molecule has 0 radical (unpaired) electrons. The fourth-order valence-electron chi connectivity index (χ4n) is 3.62. The second-order valence-electron chi connectivity index (χ2n) is 6.87. The van der Waals surface area contributed by atoms with Gasteiger partial charge in [-0.2, -0.15) is 0 Å². The van der Waals surface area contributed by atoms with Gasteiger partial charge < -0.3 is 47.4 Å². The van der Waals surface area contributed by atoms with Crippen molar-refractivity contribution < 1.29 is 47.4 Å². The molecule has 2 atom stereocenters. The molecule has 0 spiro atoms. The molecule has 2 unspecified atom stereocenters. The molecule has 1 aliphatic heterocycles. The number of hydrogen-bond acceptors (Lipinski definition) is 10. The van der Waals surface area contributed by atoms with E-state index in [4.69, 9.17) is 47.4 Å². The van der Waals surface area contributed by atoms with E-state index >= 15 is 0 Å². The number of methoxy groups -OCH3 is 6. The van der Waals surface area contributed by atoms with E-state index in [0.29, 0.717) is 40.1 Å². The standard InChI is InChI=1S/C23H30O10/c1-24-11-30-21-15(7-8-16(26-3)23(21)31-12-25-2)20-19(32-13-33-20)14-9-17(27-4)22(29-6)18(10-14)28-5/h7-10,19-20H,11-13H2,1-6H3. The van der Waals surface area contributed by atoms with E-state index < -0.39 is 12.2 Å². The van der Waals surface area contributed by atoms with Gasteiger partial charge in [-0.25, -0.2) is 0 Å². The Bertz CT molecular complexity index is 891. The van der Waals surface area contributed by atoms with Crippen LogP contribution in [0.25, 0.3) is 0 Å². The van der Waals surface area contributed by atoms with Crippen LogP contribution in [0.1, 0.15) is 23.3 Å². The highest BCUT2D eigenvalue weighted by molar-refractivity contribution is 5.58. The van der Waals surface area contributed by atoms with Crippen molar-refractivity contribution in [3.63, 3.8) is 0 Å². The van der Waals surface area contributed by atoms with E-state index in [0.717, 1.165) is 5.56 Å². The Morgan fingerprint density at radius 3 is 1.79 bits per heavy atom. The SMILES string of the molecule is COCOc1c(OC)ccc(C2OCOC2c2cc(OC)c(OC)c(OC)c2)c1OCOC. The van der Waals surface area contributed by atoms with Crippen LogP contribution in [-0.2, 0) is 18.9 Å². The molecule has 33 heavy (non-hydrogen) atoms. The van der Waals surface area contributed by atoms with Crippen LogP contribution < -0.4 is 28.4 Å². The summed E-state index contributed by atoms with van der Waals surface area (Å²) in [5, 5.41) is 0. The molecule has 1 saturated heterocycles. The van der Waals surface area contributed by atoms with Gasteiger partial charge in [0.15, 0.2) is 36.6 Å². The van der Waals surface area contributed by atoms with Crippen molar-refractivity contribution in [1.29, 1.82) is 0 Å². The Hall–Kier alpha value is -2.92. The summed E-state index contributed by atoms with van der Waals surface area (Å²) in [4.78, 5) is 0. The van der Waals surface area contributed by atoms with E-state index in [1.54, 1.807) is 34.5 Å². The van der Waals surface area contributed by atoms with Crippen LogP contribution >= 0.6 is 0 Å². The molecule has 0 saturated carbocycles. The second-order valence-corrected chi connectivity index (χ2v) is 6.87. The summed E-state index contributed by atoms with van der Waals surface area (Å²) < 4.78 is 55.7. The van der Waals surface area contributed by atoms with Crippen LogP contribution in [0.5, 0.6) is 34.5 Å². The molecule has 1 heterocycles. The minimum absolute atomic E-state index is 0.00147. The molecule has 0 aliphatic carbocycles. The van der Waals surface area contributed by atoms with Gasteiger partial charge in [-0.15, -0.1) is 0 Å². The first-order valence-corrected chi connectivity index (χ1v) is 10.1. The summed E-state index contributed by atoms with van der Waals surface area (Å²) in [6, 6.07) is 7.27. The maximum absolute atomic E-state index is 5.98. The van der Waals surface area contributed by atoms with Crippen LogP contribution in [0.4, 0.5) is 0 Å². The Kier molecular flexibility index (Phi) is 8.84. The summed E-state index contributed by atoms with van der Waals surface area (Å²) in [5.41, 5.74) is 1.47. The van der Waals surface area contributed by atoms with Crippen LogP contribution in [0.3, 0.4) is 0 Å². The molecule has 0 amide bonds. The summed E-state index contributed by atoms with van der Waals surface area (Å²) in [6.45, 7) is 0.0728. The van der Waals surface area contributed by atoms with Gasteiger partial charge in [-0.05, 0) is 29.8 Å². The zero-order chi connectivity index (χ0) is 23.8. The van der Waals surface area contributed by atoms with E-state index in [1.165, 1.54) is 14.2 Å². The predicted molar refractivity (Wildman–Crippen MR) is 117 cm³/mol. The van der Waals surface area contributed by atoms with Crippen molar-refractivity contribution >= 4 is 0 Å². The smallest absolute Gasteiger partial charge is 0.206 e. The highest BCUT2D eigenvalue weighted by atomic mass is 16.7. The lowest BCUT2D eigenvalue weighted by molar-refractivity contribution is 0.0251. The zero-order valence-corrected chi connectivity index (χ0v) is 19.7. The average molecular weight is 466 g/mol. The number of benzene rings is 2. The van der Waals surface area contributed by atoms with Crippen LogP contribution in [0.2, 0.25) is 0 Å². The maximum atomic E-state index is 5.98. The van der Waals surface area contributed by atoms with Crippen LogP contribution in [0, 0.1) is 0 Å². The molecule has 182 valence electrons. The first-order valence-electron chi connectivity index (χ1n) is 10.1. The third-order valence-electron chi connectivity index (χ3n) is 5.06. The fraction of sp³-hybridized carbons (Fsp3) is 0.478. The Morgan fingerprint density at radius 2 is 1.24 bits per heavy atom. The first kappa shape index (κ1) is 24.7. The van der Waals surface area contributed by atoms with Crippen molar-refractivity contribution in [3.8, 4) is 34.5 Å². The van der Waals surface area contributed by atoms with Gasteiger partial charge in [-0.3, -0.25) is 0 Å². The van der Waals surface area contributed by atoms with Crippen molar-refractivity contribution in [2.24, 2.45) is 0 Å². The number of hydrogen-bond donors (Lipinski definition) is 0. The largest absolute Gasteiger partial charge is 0.493 e. The molecule has 1 aliphatic rings. The Morgan fingerprint density at radius 1 is 0.667 bits per heavy atom. The molecule has 2 aromatic rings. The molecule has 0 bridgehead atoms. The van der Waals surface area contributed by atoms with Crippen molar-refractivity contribution in [3.05, 3.63) is 35.4 Å². The van der Waals surface area contributed by atoms with Crippen molar-refractivity contribution in [1.82, 2.24) is 0 Å². The zero-order valence-electron chi connectivity index (χ0n) is 19.7. The summed E-state index contributed by atoms with van der Waals surface area (Å²) in [6.07, 6.45) is -1.03. The quantitative estimate of drug-likeness (QED) is 0.433. The van der Waals surface area contributed by atoms with Crippen molar-refractivity contribution in [2.75, 3.05) is 63.0 Å². The van der Waals surface area contributed by atoms with Crippen LogP contribution in [-0.4, -0.2) is 63.0 Å². The maximum Gasteiger partial charge on any atom is 0.206 e. The van der Waals surface area contributed by atoms with Gasteiger partial charge >= 0.3 is 0 Å². The van der Waals surface area contributed by atoms with Crippen LogP contribution in [0.15, 0.2) is 24.3 Å².